The van der Waals surface area contributed by atoms with E-state index in [1.165, 1.54) is 23.6 Å². The molecule has 0 saturated carbocycles. The molecule has 3 nitrogen and oxygen atoms in total. The number of hydrogen-bond donors (Lipinski definition) is 0. The molecule has 1 aromatic carbocycles. The molecular formula is C17H24ClNO2. The Morgan fingerprint density at radius 3 is 2.48 bits per heavy atom. The minimum atomic E-state index is -0.260. The molecule has 0 fully saturated rings. The topological polar surface area (TPSA) is 29.5 Å². The number of allylic oxidation sites excluding steroid dienone is 1. The second-order valence-electron chi connectivity index (χ2n) is 5.61. The van der Waals surface area contributed by atoms with Crippen LogP contribution >= 0.6 is 12.4 Å². The third-order valence-corrected chi connectivity index (χ3v) is 3.59. The number of fused-ring (bicyclic) bond motifs is 1. The van der Waals surface area contributed by atoms with Crippen molar-refractivity contribution in [3.63, 3.8) is 0 Å². The van der Waals surface area contributed by atoms with Crippen LogP contribution in [0.15, 0.2) is 29.8 Å². The number of ether oxygens (including phenoxy) is 1. The van der Waals surface area contributed by atoms with E-state index in [1.807, 2.05) is 12.1 Å². The molecule has 1 aliphatic heterocycles. The van der Waals surface area contributed by atoms with Gasteiger partial charge in [-0.3, -0.25) is 9.69 Å². The molecule has 1 heterocycles. The molecule has 0 saturated heterocycles. The highest BCUT2D eigenvalue weighted by Crippen LogP contribution is 2.22. The van der Waals surface area contributed by atoms with Gasteiger partial charge in [0, 0.05) is 26.6 Å². The highest BCUT2D eigenvalue weighted by atomic mass is 35.5. The first-order valence-electron chi connectivity index (χ1n) is 7.20. The van der Waals surface area contributed by atoms with Crippen molar-refractivity contribution in [2.75, 3.05) is 19.6 Å². The van der Waals surface area contributed by atoms with E-state index in [2.05, 4.69) is 30.9 Å². The molecular weight excluding hydrogens is 286 g/mol. The van der Waals surface area contributed by atoms with E-state index in [0.29, 0.717) is 5.75 Å². The lowest BCUT2D eigenvalue weighted by molar-refractivity contribution is -0.131. The number of rotatable bonds is 3. The molecule has 0 unspecified atom stereocenters. The zero-order chi connectivity index (χ0) is 14.5. The predicted molar refractivity (Wildman–Crippen MR) is 88.3 cm³/mol. The lowest BCUT2D eigenvalue weighted by atomic mass is 10.0. The maximum atomic E-state index is 11.0. The maximum Gasteiger partial charge on any atom is 0.308 e. The molecule has 4 heteroatoms. The van der Waals surface area contributed by atoms with Crippen LogP contribution in [0.1, 0.15) is 31.9 Å². The molecule has 116 valence electrons. The van der Waals surface area contributed by atoms with Gasteiger partial charge in [0.25, 0.3) is 0 Å². The normalized spacial score (nSPS) is 14.4. The van der Waals surface area contributed by atoms with Gasteiger partial charge in [-0.05, 0) is 49.9 Å². The van der Waals surface area contributed by atoms with Gasteiger partial charge in [-0.2, -0.15) is 0 Å². The number of hydrogen-bond acceptors (Lipinski definition) is 3. The molecule has 0 spiro atoms. The zero-order valence-corrected chi connectivity index (χ0v) is 13.8. The molecule has 0 aromatic heterocycles. The Morgan fingerprint density at radius 2 is 1.86 bits per heavy atom. The van der Waals surface area contributed by atoms with Gasteiger partial charge in [-0.25, -0.2) is 0 Å². The van der Waals surface area contributed by atoms with Gasteiger partial charge in [-0.1, -0.05) is 17.7 Å². The molecule has 2 rings (SSSR count). The van der Waals surface area contributed by atoms with Gasteiger partial charge in [0.15, 0.2) is 0 Å². The van der Waals surface area contributed by atoms with Crippen LogP contribution in [-0.4, -0.2) is 30.5 Å². The second kappa shape index (κ2) is 8.20. The number of carbonyl (C=O) groups is 1. The van der Waals surface area contributed by atoms with Crippen LogP contribution in [0, 0.1) is 0 Å². The van der Waals surface area contributed by atoms with Crippen molar-refractivity contribution in [2.45, 2.75) is 33.6 Å². The molecule has 0 N–H and O–H groups in total. The van der Waals surface area contributed by atoms with Crippen molar-refractivity contribution >= 4 is 18.4 Å². The van der Waals surface area contributed by atoms with Crippen molar-refractivity contribution in [3.05, 3.63) is 41.0 Å². The number of benzene rings is 1. The van der Waals surface area contributed by atoms with Gasteiger partial charge in [-0.15, -0.1) is 12.4 Å². The first kappa shape index (κ1) is 17.7. The molecule has 0 atom stereocenters. The first-order chi connectivity index (χ1) is 9.54. The fourth-order valence-corrected chi connectivity index (χ4v) is 2.47. The minimum absolute atomic E-state index is 0. The van der Waals surface area contributed by atoms with Crippen molar-refractivity contribution in [1.29, 1.82) is 0 Å². The summed E-state index contributed by atoms with van der Waals surface area (Å²) < 4.78 is 5.16. The summed E-state index contributed by atoms with van der Waals surface area (Å²) in [5.41, 5.74) is 4.05. The summed E-state index contributed by atoms with van der Waals surface area (Å²) in [6, 6.07) is 6.01. The first-order valence-corrected chi connectivity index (χ1v) is 7.20. The lowest BCUT2D eigenvalue weighted by Gasteiger charge is -2.17. The highest BCUT2D eigenvalue weighted by molar-refractivity contribution is 5.85. The van der Waals surface area contributed by atoms with Gasteiger partial charge in [0.1, 0.15) is 5.75 Å². The Labute approximate surface area is 133 Å². The Balaban J connectivity index is 0.00000220. The Kier molecular flexibility index (Phi) is 6.93. The summed E-state index contributed by atoms with van der Waals surface area (Å²) in [6.07, 6.45) is 4.35. The Morgan fingerprint density at radius 1 is 1.19 bits per heavy atom. The van der Waals surface area contributed by atoms with E-state index in [1.54, 1.807) is 0 Å². The van der Waals surface area contributed by atoms with Gasteiger partial charge < -0.3 is 4.74 Å². The molecule has 0 radical (unpaired) electrons. The summed E-state index contributed by atoms with van der Waals surface area (Å²) in [4.78, 5) is 13.5. The van der Waals surface area contributed by atoms with Crippen molar-refractivity contribution in [2.24, 2.45) is 0 Å². The van der Waals surface area contributed by atoms with Crippen LogP contribution in [-0.2, 0) is 17.6 Å². The van der Waals surface area contributed by atoms with Crippen LogP contribution in [0.2, 0.25) is 0 Å². The molecule has 0 aliphatic carbocycles. The number of nitrogens with zero attached hydrogens (tertiary/aromatic N) is 1. The van der Waals surface area contributed by atoms with Crippen LogP contribution in [0.4, 0.5) is 0 Å². The average molecular weight is 310 g/mol. The van der Waals surface area contributed by atoms with Crippen LogP contribution in [0.5, 0.6) is 5.75 Å². The van der Waals surface area contributed by atoms with E-state index < -0.39 is 0 Å². The smallest absolute Gasteiger partial charge is 0.308 e. The SMILES string of the molecule is CC(=O)Oc1ccc2c(c1)CCN(CC=C(C)C)CC2.Cl. The van der Waals surface area contributed by atoms with Crippen LogP contribution in [0.3, 0.4) is 0 Å². The third-order valence-electron chi connectivity index (χ3n) is 3.59. The quantitative estimate of drug-likeness (QED) is 0.487. The summed E-state index contributed by atoms with van der Waals surface area (Å²) in [7, 11) is 0. The molecule has 21 heavy (non-hydrogen) atoms. The van der Waals surface area contributed by atoms with Gasteiger partial charge >= 0.3 is 5.97 Å². The molecule has 0 amide bonds. The van der Waals surface area contributed by atoms with E-state index in [4.69, 9.17) is 4.74 Å². The van der Waals surface area contributed by atoms with Crippen molar-refractivity contribution < 1.29 is 9.53 Å². The zero-order valence-electron chi connectivity index (χ0n) is 13.0. The van der Waals surface area contributed by atoms with Gasteiger partial charge in [0.2, 0.25) is 0 Å². The Bertz CT molecular complexity index is 522. The summed E-state index contributed by atoms with van der Waals surface area (Å²) in [6.45, 7) is 8.87. The average Bonchev–Trinajstić information content (AvgIpc) is 2.57. The predicted octanol–water partition coefficient (Wildman–Crippen LogP) is 3.40. The maximum absolute atomic E-state index is 11.0. The fourth-order valence-electron chi connectivity index (χ4n) is 2.47. The second-order valence-corrected chi connectivity index (χ2v) is 5.61. The van der Waals surface area contributed by atoms with E-state index in [9.17, 15) is 4.79 Å². The molecule has 1 aromatic rings. The summed E-state index contributed by atoms with van der Waals surface area (Å²) >= 11 is 0. The van der Waals surface area contributed by atoms with Crippen molar-refractivity contribution in [1.82, 2.24) is 4.90 Å². The van der Waals surface area contributed by atoms with Crippen LogP contribution < -0.4 is 4.74 Å². The fraction of sp³-hybridized carbons (Fsp3) is 0.471. The van der Waals surface area contributed by atoms with E-state index >= 15 is 0 Å². The van der Waals surface area contributed by atoms with Gasteiger partial charge in [0.05, 0.1) is 0 Å². The number of esters is 1. The largest absolute Gasteiger partial charge is 0.427 e. The lowest BCUT2D eigenvalue weighted by Crippen LogP contribution is -2.26. The minimum Gasteiger partial charge on any atom is -0.427 e. The third kappa shape index (κ3) is 5.52. The van der Waals surface area contributed by atoms with E-state index in [-0.39, 0.29) is 18.4 Å². The number of halogens is 1. The standard InChI is InChI=1S/C17H23NO2.ClH/c1-13(2)6-9-18-10-7-15-4-5-17(20-14(3)19)12-16(15)8-11-18;/h4-6,12H,7-11H2,1-3H3;1H. The molecule has 0 bridgehead atoms. The Hall–Kier alpha value is -1.32. The summed E-state index contributed by atoms with van der Waals surface area (Å²) in [5, 5.41) is 0. The monoisotopic (exact) mass is 309 g/mol. The van der Waals surface area contributed by atoms with Crippen molar-refractivity contribution in [3.8, 4) is 5.75 Å². The van der Waals surface area contributed by atoms with E-state index in [0.717, 1.165) is 32.5 Å². The summed E-state index contributed by atoms with van der Waals surface area (Å²) in [5.74, 6) is 0.401. The highest BCUT2D eigenvalue weighted by Gasteiger charge is 2.14. The van der Waals surface area contributed by atoms with Crippen LogP contribution in [0.25, 0.3) is 0 Å². The number of carbonyl (C=O) groups excluding carboxylic acids is 1. The molecule has 1 aliphatic rings.